The summed E-state index contributed by atoms with van der Waals surface area (Å²) in [6.07, 6.45) is 3.54. The van der Waals surface area contributed by atoms with Gasteiger partial charge in [0.25, 0.3) is 5.91 Å². The summed E-state index contributed by atoms with van der Waals surface area (Å²) in [6.45, 7) is 0.451. The van der Waals surface area contributed by atoms with Crippen molar-refractivity contribution in [3.05, 3.63) is 84.2 Å². The fraction of sp³-hybridized carbons (Fsp3) is 0.182. The number of oxime groups is 1. The zero-order chi connectivity index (χ0) is 20.8. The normalized spacial score (nSPS) is 15.2. The molecule has 1 unspecified atom stereocenters. The number of nitrogens with one attached hydrogen (secondary N) is 2. The van der Waals surface area contributed by atoms with Crippen molar-refractivity contribution in [2.75, 3.05) is 5.32 Å². The number of hydrogen-bond donors (Lipinski definition) is 2. The van der Waals surface area contributed by atoms with Gasteiger partial charge in [-0.05, 0) is 29.3 Å². The Morgan fingerprint density at radius 1 is 1.10 bits per heavy atom. The number of nitrogens with zero attached hydrogens (tertiary/aromatic N) is 3. The zero-order valence-corrected chi connectivity index (χ0v) is 16.2. The average Bonchev–Trinajstić information content (AvgIpc) is 3.45. The number of anilines is 1. The molecule has 152 valence electrons. The van der Waals surface area contributed by atoms with Gasteiger partial charge in [-0.2, -0.15) is 5.10 Å². The number of benzene rings is 2. The standard InChI is InChI=1S/C22H21N5O3/c28-21(15-27-11-5-10-24-27)25-18-9-4-6-16(12-18)14-23-22(29)19-13-20(30-26-19)17-7-2-1-3-8-17/h1-12,20H,13-15H2,(H,23,29)(H,25,28). The van der Waals surface area contributed by atoms with Crippen molar-refractivity contribution >= 4 is 23.2 Å². The third-order valence-electron chi connectivity index (χ3n) is 4.63. The first kappa shape index (κ1) is 19.4. The molecule has 1 aromatic heterocycles. The predicted molar refractivity (Wildman–Crippen MR) is 111 cm³/mol. The first-order valence-corrected chi connectivity index (χ1v) is 9.59. The highest BCUT2D eigenvalue weighted by molar-refractivity contribution is 6.39. The van der Waals surface area contributed by atoms with Gasteiger partial charge in [-0.1, -0.05) is 47.6 Å². The summed E-state index contributed by atoms with van der Waals surface area (Å²) in [7, 11) is 0. The van der Waals surface area contributed by atoms with Gasteiger partial charge in [0, 0.05) is 31.0 Å². The van der Waals surface area contributed by atoms with E-state index in [0.717, 1.165) is 11.1 Å². The molecular formula is C22H21N5O3. The molecule has 3 aromatic rings. The van der Waals surface area contributed by atoms with Crippen molar-refractivity contribution in [2.24, 2.45) is 5.16 Å². The molecule has 0 bridgehead atoms. The molecule has 1 aliphatic heterocycles. The molecule has 4 rings (SSSR count). The van der Waals surface area contributed by atoms with Crippen molar-refractivity contribution in [3.63, 3.8) is 0 Å². The molecule has 0 spiro atoms. The lowest BCUT2D eigenvalue weighted by Crippen LogP contribution is -2.30. The molecule has 0 fully saturated rings. The maximum absolute atomic E-state index is 12.4. The minimum absolute atomic E-state index is 0.135. The molecule has 2 aromatic carbocycles. The second kappa shape index (κ2) is 9.04. The molecule has 30 heavy (non-hydrogen) atoms. The Morgan fingerprint density at radius 3 is 2.77 bits per heavy atom. The highest BCUT2D eigenvalue weighted by atomic mass is 16.6. The van der Waals surface area contributed by atoms with E-state index in [1.807, 2.05) is 48.5 Å². The molecular weight excluding hydrogens is 382 g/mol. The lowest BCUT2D eigenvalue weighted by molar-refractivity contribution is -0.117. The van der Waals surface area contributed by atoms with E-state index >= 15 is 0 Å². The summed E-state index contributed by atoms with van der Waals surface area (Å²) >= 11 is 0. The van der Waals surface area contributed by atoms with Crippen LogP contribution in [0.4, 0.5) is 5.69 Å². The summed E-state index contributed by atoms with van der Waals surface area (Å²) in [5.74, 6) is -0.439. The number of rotatable bonds is 7. The summed E-state index contributed by atoms with van der Waals surface area (Å²) in [6, 6.07) is 18.8. The number of aromatic nitrogens is 2. The molecule has 2 N–H and O–H groups in total. The summed E-state index contributed by atoms with van der Waals surface area (Å²) < 4.78 is 1.55. The van der Waals surface area contributed by atoms with Gasteiger partial charge < -0.3 is 15.5 Å². The topological polar surface area (TPSA) is 97.6 Å². The largest absolute Gasteiger partial charge is 0.387 e. The Bertz CT molecular complexity index is 1050. The van der Waals surface area contributed by atoms with Crippen LogP contribution in [0.5, 0.6) is 0 Å². The fourth-order valence-electron chi connectivity index (χ4n) is 3.14. The van der Waals surface area contributed by atoms with Crippen LogP contribution in [0.3, 0.4) is 0 Å². The molecule has 0 saturated carbocycles. The van der Waals surface area contributed by atoms with Gasteiger partial charge in [0.15, 0.2) is 6.10 Å². The summed E-state index contributed by atoms with van der Waals surface area (Å²) in [5.41, 5.74) is 2.87. The van der Waals surface area contributed by atoms with Crippen LogP contribution in [-0.2, 0) is 27.5 Å². The maximum atomic E-state index is 12.4. The monoisotopic (exact) mass is 403 g/mol. The molecule has 0 aliphatic carbocycles. The summed E-state index contributed by atoms with van der Waals surface area (Å²) in [4.78, 5) is 29.9. The predicted octanol–water partition coefficient (Wildman–Crippen LogP) is 2.66. The van der Waals surface area contributed by atoms with E-state index in [1.165, 1.54) is 0 Å². The van der Waals surface area contributed by atoms with Crippen LogP contribution in [0.25, 0.3) is 0 Å². The Kier molecular flexibility index (Phi) is 5.84. The van der Waals surface area contributed by atoms with Crippen LogP contribution in [0.2, 0.25) is 0 Å². The van der Waals surface area contributed by atoms with Crippen molar-refractivity contribution in [1.82, 2.24) is 15.1 Å². The Hall–Kier alpha value is -3.94. The van der Waals surface area contributed by atoms with E-state index in [4.69, 9.17) is 4.84 Å². The van der Waals surface area contributed by atoms with Gasteiger partial charge in [-0.25, -0.2) is 0 Å². The first-order chi connectivity index (χ1) is 14.7. The second-order valence-electron chi connectivity index (χ2n) is 6.88. The highest BCUT2D eigenvalue weighted by Gasteiger charge is 2.27. The van der Waals surface area contributed by atoms with Crippen LogP contribution in [-0.4, -0.2) is 27.3 Å². The summed E-state index contributed by atoms with van der Waals surface area (Å²) in [5, 5.41) is 13.6. The smallest absolute Gasteiger partial charge is 0.269 e. The van der Waals surface area contributed by atoms with Gasteiger partial charge in [0.05, 0.1) is 0 Å². The van der Waals surface area contributed by atoms with Gasteiger partial charge in [-0.15, -0.1) is 0 Å². The average molecular weight is 403 g/mol. The second-order valence-corrected chi connectivity index (χ2v) is 6.88. The van der Waals surface area contributed by atoms with E-state index in [2.05, 4.69) is 20.9 Å². The van der Waals surface area contributed by atoms with Crippen molar-refractivity contribution in [3.8, 4) is 0 Å². The number of hydrogen-bond acceptors (Lipinski definition) is 5. The van der Waals surface area contributed by atoms with E-state index in [1.54, 1.807) is 29.2 Å². The number of amides is 2. The number of carbonyl (C=O) groups is 2. The van der Waals surface area contributed by atoms with E-state index < -0.39 is 0 Å². The Balaban J connectivity index is 1.28. The third kappa shape index (κ3) is 4.91. The molecule has 0 saturated heterocycles. The quantitative estimate of drug-likeness (QED) is 0.634. The minimum atomic E-state index is -0.262. The van der Waals surface area contributed by atoms with Crippen molar-refractivity contribution in [2.45, 2.75) is 25.6 Å². The lowest BCUT2D eigenvalue weighted by atomic mass is 10.0. The Labute approximate surface area is 173 Å². The fourth-order valence-corrected chi connectivity index (χ4v) is 3.14. The van der Waals surface area contributed by atoms with Gasteiger partial charge in [0.1, 0.15) is 12.3 Å². The van der Waals surface area contributed by atoms with Gasteiger partial charge in [-0.3, -0.25) is 14.3 Å². The van der Waals surface area contributed by atoms with E-state index in [0.29, 0.717) is 24.4 Å². The van der Waals surface area contributed by atoms with Crippen LogP contribution in [0, 0.1) is 0 Å². The van der Waals surface area contributed by atoms with Crippen LogP contribution < -0.4 is 10.6 Å². The van der Waals surface area contributed by atoms with E-state index in [9.17, 15) is 9.59 Å². The molecule has 2 heterocycles. The minimum Gasteiger partial charge on any atom is -0.387 e. The molecule has 8 nitrogen and oxygen atoms in total. The highest BCUT2D eigenvalue weighted by Crippen LogP contribution is 2.26. The van der Waals surface area contributed by atoms with Crippen molar-refractivity contribution in [1.29, 1.82) is 0 Å². The number of carbonyl (C=O) groups excluding carboxylic acids is 2. The maximum Gasteiger partial charge on any atom is 0.269 e. The SMILES string of the molecule is O=C(Cn1cccn1)Nc1cccc(CNC(=O)C2=NOC(c3ccccc3)C2)c1. The van der Waals surface area contributed by atoms with Crippen LogP contribution in [0.1, 0.15) is 23.7 Å². The molecule has 1 atom stereocenters. The third-order valence-corrected chi connectivity index (χ3v) is 4.63. The van der Waals surface area contributed by atoms with Crippen molar-refractivity contribution < 1.29 is 14.4 Å². The van der Waals surface area contributed by atoms with E-state index in [-0.39, 0.29) is 24.5 Å². The van der Waals surface area contributed by atoms with Gasteiger partial charge in [0.2, 0.25) is 5.91 Å². The lowest BCUT2D eigenvalue weighted by Gasteiger charge is -2.09. The molecule has 8 heteroatoms. The first-order valence-electron chi connectivity index (χ1n) is 9.59. The van der Waals surface area contributed by atoms with Crippen LogP contribution in [0.15, 0.2) is 78.2 Å². The van der Waals surface area contributed by atoms with Crippen LogP contribution >= 0.6 is 0 Å². The molecule has 0 radical (unpaired) electrons. The Morgan fingerprint density at radius 2 is 1.97 bits per heavy atom. The zero-order valence-electron chi connectivity index (χ0n) is 16.2. The van der Waals surface area contributed by atoms with Gasteiger partial charge >= 0.3 is 0 Å². The molecule has 2 amide bonds. The molecule has 1 aliphatic rings.